The molecule has 2 heteroatoms. The Bertz CT molecular complexity index is 276. The summed E-state index contributed by atoms with van der Waals surface area (Å²) in [4.78, 5) is 0. The van der Waals surface area contributed by atoms with Crippen molar-refractivity contribution in [2.75, 3.05) is 6.54 Å². The van der Waals surface area contributed by atoms with Crippen molar-refractivity contribution in [3.63, 3.8) is 0 Å². The van der Waals surface area contributed by atoms with Gasteiger partial charge in [0.05, 0.1) is 6.10 Å². The summed E-state index contributed by atoms with van der Waals surface area (Å²) in [5.41, 5.74) is 0.907. The molecule has 0 aromatic carbocycles. The normalized spacial score (nSPS) is 40.8. The molecule has 2 aliphatic rings. The van der Waals surface area contributed by atoms with E-state index in [1.54, 1.807) is 0 Å². The standard InChI is InChI=1S/C15H29NO/c1-5-6-12(17)10-16-13-9-11-7-8-15(13,4)14(11,2)3/h11-13,16-17H,5-10H2,1-4H3. The second-order valence-electron chi connectivity index (χ2n) is 7.01. The van der Waals surface area contributed by atoms with Crippen LogP contribution in [0.15, 0.2) is 0 Å². The second-order valence-corrected chi connectivity index (χ2v) is 7.01. The molecule has 4 atom stereocenters. The van der Waals surface area contributed by atoms with Crippen molar-refractivity contribution in [3.05, 3.63) is 0 Å². The highest BCUT2D eigenvalue weighted by Gasteiger charge is 2.60. The monoisotopic (exact) mass is 239 g/mol. The van der Waals surface area contributed by atoms with Crippen molar-refractivity contribution in [2.24, 2.45) is 16.7 Å². The zero-order valence-corrected chi connectivity index (χ0v) is 11.9. The Morgan fingerprint density at radius 2 is 2.06 bits per heavy atom. The summed E-state index contributed by atoms with van der Waals surface area (Å²) in [7, 11) is 0. The van der Waals surface area contributed by atoms with Crippen LogP contribution in [0.3, 0.4) is 0 Å². The molecule has 2 bridgehead atoms. The smallest absolute Gasteiger partial charge is 0.0664 e. The minimum absolute atomic E-state index is 0.161. The van der Waals surface area contributed by atoms with Crippen molar-refractivity contribution < 1.29 is 5.11 Å². The average Bonchev–Trinajstić information content (AvgIpc) is 2.59. The lowest BCUT2D eigenvalue weighted by atomic mass is 9.69. The highest BCUT2D eigenvalue weighted by atomic mass is 16.3. The SMILES string of the molecule is CCCC(O)CNC1CC2CCC1(C)C2(C)C. The first-order valence-electron chi connectivity index (χ1n) is 7.33. The molecule has 0 amide bonds. The van der Waals surface area contributed by atoms with Crippen molar-refractivity contribution >= 4 is 0 Å². The highest BCUT2D eigenvalue weighted by Crippen LogP contribution is 2.65. The van der Waals surface area contributed by atoms with Gasteiger partial charge in [-0.2, -0.15) is 0 Å². The third-order valence-electron chi connectivity index (χ3n) is 6.02. The summed E-state index contributed by atoms with van der Waals surface area (Å²) in [6, 6.07) is 0.614. The van der Waals surface area contributed by atoms with Gasteiger partial charge in [0.15, 0.2) is 0 Å². The van der Waals surface area contributed by atoms with Crippen LogP contribution in [0.2, 0.25) is 0 Å². The largest absolute Gasteiger partial charge is 0.392 e. The van der Waals surface area contributed by atoms with Gasteiger partial charge in [-0.05, 0) is 42.4 Å². The van der Waals surface area contributed by atoms with E-state index >= 15 is 0 Å². The molecule has 0 heterocycles. The van der Waals surface area contributed by atoms with Gasteiger partial charge < -0.3 is 10.4 Å². The molecule has 0 saturated heterocycles. The topological polar surface area (TPSA) is 32.3 Å². The molecule has 2 N–H and O–H groups in total. The predicted molar refractivity (Wildman–Crippen MR) is 71.9 cm³/mol. The number of aliphatic hydroxyl groups is 1. The molecular formula is C15H29NO. The zero-order chi connectivity index (χ0) is 12.7. The van der Waals surface area contributed by atoms with Gasteiger partial charge in [0.25, 0.3) is 0 Å². The lowest BCUT2D eigenvalue weighted by molar-refractivity contribution is 0.103. The van der Waals surface area contributed by atoms with E-state index in [-0.39, 0.29) is 6.10 Å². The van der Waals surface area contributed by atoms with Gasteiger partial charge >= 0.3 is 0 Å². The Hall–Kier alpha value is -0.0800. The molecular weight excluding hydrogens is 210 g/mol. The van der Waals surface area contributed by atoms with Crippen LogP contribution in [0, 0.1) is 16.7 Å². The van der Waals surface area contributed by atoms with Crippen LogP contribution in [0.1, 0.15) is 59.8 Å². The summed E-state index contributed by atoms with van der Waals surface area (Å²) in [6.07, 6.45) is 5.89. The summed E-state index contributed by atoms with van der Waals surface area (Å²) in [5, 5.41) is 13.5. The number of hydrogen-bond donors (Lipinski definition) is 2. The van der Waals surface area contributed by atoms with E-state index in [0.29, 0.717) is 16.9 Å². The molecule has 2 rings (SSSR count). The summed E-state index contributed by atoms with van der Waals surface area (Å²) in [6.45, 7) is 10.2. The number of nitrogens with one attached hydrogen (secondary N) is 1. The molecule has 4 unspecified atom stereocenters. The van der Waals surface area contributed by atoms with Gasteiger partial charge in [0.2, 0.25) is 0 Å². The van der Waals surface area contributed by atoms with Crippen molar-refractivity contribution in [1.29, 1.82) is 0 Å². The van der Waals surface area contributed by atoms with Gasteiger partial charge in [-0.3, -0.25) is 0 Å². The van der Waals surface area contributed by atoms with Gasteiger partial charge in [-0.25, -0.2) is 0 Å². The van der Waals surface area contributed by atoms with E-state index in [2.05, 4.69) is 33.0 Å². The third kappa shape index (κ3) is 2.04. The van der Waals surface area contributed by atoms with Crippen LogP contribution >= 0.6 is 0 Å². The van der Waals surface area contributed by atoms with Crippen LogP contribution in [-0.4, -0.2) is 23.8 Å². The molecule has 2 saturated carbocycles. The van der Waals surface area contributed by atoms with E-state index in [4.69, 9.17) is 0 Å². The fraction of sp³-hybridized carbons (Fsp3) is 1.00. The molecule has 0 spiro atoms. The second kappa shape index (κ2) is 4.55. The number of fused-ring (bicyclic) bond motifs is 2. The van der Waals surface area contributed by atoms with E-state index in [9.17, 15) is 5.11 Å². The molecule has 17 heavy (non-hydrogen) atoms. The average molecular weight is 239 g/mol. The first-order chi connectivity index (χ1) is 7.91. The van der Waals surface area contributed by atoms with Crippen molar-refractivity contribution in [1.82, 2.24) is 5.32 Å². The van der Waals surface area contributed by atoms with Crippen molar-refractivity contribution in [3.8, 4) is 0 Å². The Morgan fingerprint density at radius 3 is 2.53 bits per heavy atom. The van der Waals surface area contributed by atoms with Crippen LogP contribution in [-0.2, 0) is 0 Å². The summed E-state index contributed by atoms with van der Waals surface area (Å²) < 4.78 is 0. The van der Waals surface area contributed by atoms with Gasteiger partial charge in [0, 0.05) is 12.6 Å². The molecule has 100 valence electrons. The third-order valence-corrected chi connectivity index (χ3v) is 6.02. The molecule has 2 aliphatic carbocycles. The Balaban J connectivity index is 1.92. The van der Waals surface area contributed by atoms with Crippen LogP contribution in [0.25, 0.3) is 0 Å². The summed E-state index contributed by atoms with van der Waals surface area (Å²) >= 11 is 0. The predicted octanol–water partition coefficient (Wildman–Crippen LogP) is 2.95. The number of aliphatic hydroxyl groups excluding tert-OH is 1. The lowest BCUT2D eigenvalue weighted by Crippen LogP contribution is -2.46. The molecule has 0 aromatic heterocycles. The van der Waals surface area contributed by atoms with Crippen LogP contribution < -0.4 is 5.32 Å². The Kier molecular flexibility index (Phi) is 3.57. The van der Waals surface area contributed by atoms with Gasteiger partial charge in [-0.15, -0.1) is 0 Å². The molecule has 0 radical (unpaired) electrons. The Labute approximate surface area is 106 Å². The van der Waals surface area contributed by atoms with E-state index in [0.717, 1.165) is 25.3 Å². The first kappa shape index (κ1) is 13.4. The minimum atomic E-state index is -0.161. The molecule has 0 aliphatic heterocycles. The molecule has 0 aromatic rings. The van der Waals surface area contributed by atoms with E-state index in [1.807, 2.05) is 0 Å². The maximum Gasteiger partial charge on any atom is 0.0664 e. The maximum absolute atomic E-state index is 9.83. The highest BCUT2D eigenvalue weighted by molar-refractivity contribution is 5.12. The minimum Gasteiger partial charge on any atom is -0.392 e. The molecule has 2 nitrogen and oxygen atoms in total. The van der Waals surface area contributed by atoms with E-state index < -0.39 is 0 Å². The van der Waals surface area contributed by atoms with Crippen LogP contribution in [0.5, 0.6) is 0 Å². The number of rotatable bonds is 5. The molecule has 2 fully saturated rings. The van der Waals surface area contributed by atoms with E-state index in [1.165, 1.54) is 19.3 Å². The van der Waals surface area contributed by atoms with Gasteiger partial charge in [-0.1, -0.05) is 34.1 Å². The Morgan fingerprint density at radius 1 is 1.35 bits per heavy atom. The maximum atomic E-state index is 9.83. The quantitative estimate of drug-likeness (QED) is 0.773. The lowest BCUT2D eigenvalue weighted by Gasteiger charge is -2.40. The van der Waals surface area contributed by atoms with Crippen LogP contribution in [0.4, 0.5) is 0 Å². The first-order valence-corrected chi connectivity index (χ1v) is 7.33. The fourth-order valence-electron chi connectivity index (χ4n) is 4.23. The number of hydrogen-bond acceptors (Lipinski definition) is 2. The van der Waals surface area contributed by atoms with Gasteiger partial charge in [0.1, 0.15) is 0 Å². The fourth-order valence-corrected chi connectivity index (χ4v) is 4.23. The van der Waals surface area contributed by atoms with Crippen molar-refractivity contribution in [2.45, 2.75) is 71.9 Å². The summed E-state index contributed by atoms with van der Waals surface area (Å²) in [5.74, 6) is 0.883. The zero-order valence-electron chi connectivity index (χ0n) is 11.9.